The van der Waals surface area contributed by atoms with E-state index >= 15 is 0 Å². The number of ether oxygens (including phenoxy) is 1. The van der Waals surface area contributed by atoms with Gasteiger partial charge in [0, 0.05) is 6.42 Å². The summed E-state index contributed by atoms with van der Waals surface area (Å²) in [4.78, 5) is 10.5. The van der Waals surface area contributed by atoms with E-state index in [-0.39, 0.29) is 6.42 Å². The van der Waals surface area contributed by atoms with Crippen molar-refractivity contribution in [3.63, 3.8) is 0 Å². The highest BCUT2D eigenvalue weighted by Crippen LogP contribution is 2.27. The predicted molar refractivity (Wildman–Crippen MR) is 71.1 cm³/mol. The van der Waals surface area contributed by atoms with Crippen LogP contribution in [0.1, 0.15) is 18.4 Å². The monoisotopic (exact) mass is 244 g/mol. The zero-order chi connectivity index (χ0) is 13.0. The summed E-state index contributed by atoms with van der Waals surface area (Å²) in [5, 5.41) is 11.0. The van der Waals surface area contributed by atoms with Gasteiger partial charge in [0.15, 0.2) is 0 Å². The van der Waals surface area contributed by atoms with Gasteiger partial charge < -0.3 is 9.84 Å². The third kappa shape index (κ3) is 2.80. The molecule has 2 aromatic carbocycles. The van der Waals surface area contributed by atoms with Crippen molar-refractivity contribution in [2.75, 3.05) is 7.11 Å². The third-order valence-electron chi connectivity index (χ3n) is 2.99. The van der Waals surface area contributed by atoms with Gasteiger partial charge in [0.2, 0.25) is 0 Å². The minimum absolute atomic E-state index is 0.190. The van der Waals surface area contributed by atoms with Crippen LogP contribution in [0.3, 0.4) is 0 Å². The number of benzene rings is 2. The van der Waals surface area contributed by atoms with Crippen molar-refractivity contribution in [2.24, 2.45) is 0 Å². The first-order chi connectivity index (χ1) is 8.70. The lowest BCUT2D eigenvalue weighted by Crippen LogP contribution is -1.98. The Balaban J connectivity index is 2.27. The number of aryl methyl sites for hydroxylation is 1. The first kappa shape index (κ1) is 12.4. The number of rotatable bonds is 5. The highest BCUT2D eigenvalue weighted by molar-refractivity contribution is 5.85. The normalized spacial score (nSPS) is 10.5. The van der Waals surface area contributed by atoms with E-state index in [0.29, 0.717) is 6.42 Å². The number of carboxylic acids is 1. The van der Waals surface area contributed by atoms with E-state index < -0.39 is 5.97 Å². The maximum atomic E-state index is 10.5. The zero-order valence-electron chi connectivity index (χ0n) is 10.3. The first-order valence-corrected chi connectivity index (χ1v) is 5.98. The van der Waals surface area contributed by atoms with E-state index in [1.165, 1.54) is 0 Å². The largest absolute Gasteiger partial charge is 0.496 e. The van der Waals surface area contributed by atoms with Crippen LogP contribution in [-0.2, 0) is 11.2 Å². The predicted octanol–water partition coefficient (Wildman–Crippen LogP) is 3.26. The van der Waals surface area contributed by atoms with Gasteiger partial charge >= 0.3 is 5.97 Å². The number of methoxy groups -OCH3 is 1. The summed E-state index contributed by atoms with van der Waals surface area (Å²) in [6.45, 7) is 0. The van der Waals surface area contributed by atoms with Crippen molar-refractivity contribution < 1.29 is 14.6 Å². The van der Waals surface area contributed by atoms with Crippen LogP contribution in [0.2, 0.25) is 0 Å². The Morgan fingerprint density at radius 2 is 1.89 bits per heavy atom. The molecule has 0 spiro atoms. The number of fused-ring (bicyclic) bond motifs is 1. The van der Waals surface area contributed by atoms with E-state index in [0.717, 1.165) is 28.5 Å². The summed E-state index contributed by atoms with van der Waals surface area (Å²) in [5.74, 6) is 0.0776. The van der Waals surface area contributed by atoms with Gasteiger partial charge in [0.25, 0.3) is 0 Å². The van der Waals surface area contributed by atoms with Gasteiger partial charge in [-0.3, -0.25) is 4.79 Å². The molecule has 1 N–H and O–H groups in total. The van der Waals surface area contributed by atoms with Gasteiger partial charge in [-0.25, -0.2) is 0 Å². The SMILES string of the molecule is COc1cc2ccccc2cc1CCCC(=O)O. The second-order valence-electron chi connectivity index (χ2n) is 4.26. The van der Waals surface area contributed by atoms with Crippen LogP contribution in [0.15, 0.2) is 36.4 Å². The number of carboxylic acid groups (broad SMARTS) is 1. The average Bonchev–Trinajstić information content (AvgIpc) is 2.37. The fraction of sp³-hybridized carbons (Fsp3) is 0.267. The number of hydrogen-bond acceptors (Lipinski definition) is 2. The first-order valence-electron chi connectivity index (χ1n) is 5.98. The molecule has 0 atom stereocenters. The molecule has 0 saturated heterocycles. The topological polar surface area (TPSA) is 46.5 Å². The highest BCUT2D eigenvalue weighted by Gasteiger charge is 2.06. The molecule has 2 rings (SSSR count). The van der Waals surface area contributed by atoms with Gasteiger partial charge in [-0.2, -0.15) is 0 Å². The lowest BCUT2D eigenvalue weighted by molar-refractivity contribution is -0.137. The Morgan fingerprint density at radius 1 is 1.22 bits per heavy atom. The Hall–Kier alpha value is -2.03. The fourth-order valence-electron chi connectivity index (χ4n) is 2.08. The summed E-state index contributed by atoms with van der Waals surface area (Å²) in [6.07, 6.45) is 1.54. The zero-order valence-corrected chi connectivity index (χ0v) is 10.3. The molecule has 0 heterocycles. The lowest BCUT2D eigenvalue weighted by Gasteiger charge is -2.10. The van der Waals surface area contributed by atoms with Crippen LogP contribution < -0.4 is 4.74 Å². The molecule has 2 aromatic rings. The van der Waals surface area contributed by atoms with Crippen LogP contribution >= 0.6 is 0 Å². The molecule has 3 nitrogen and oxygen atoms in total. The van der Waals surface area contributed by atoms with Gasteiger partial charge in [-0.05, 0) is 41.3 Å². The Bertz CT molecular complexity index is 561. The molecule has 0 aliphatic heterocycles. The Morgan fingerprint density at radius 3 is 2.50 bits per heavy atom. The quantitative estimate of drug-likeness (QED) is 0.878. The van der Waals surface area contributed by atoms with E-state index in [9.17, 15) is 4.79 Å². The molecule has 0 aliphatic carbocycles. The number of hydrogen-bond donors (Lipinski definition) is 1. The van der Waals surface area contributed by atoms with Crippen LogP contribution in [0.5, 0.6) is 5.75 Å². The van der Waals surface area contributed by atoms with E-state index in [1.807, 2.05) is 24.3 Å². The van der Waals surface area contributed by atoms with Gasteiger partial charge in [-0.15, -0.1) is 0 Å². The second-order valence-corrected chi connectivity index (χ2v) is 4.26. The third-order valence-corrected chi connectivity index (χ3v) is 2.99. The molecule has 0 fully saturated rings. The van der Waals surface area contributed by atoms with Gasteiger partial charge in [0.1, 0.15) is 5.75 Å². The van der Waals surface area contributed by atoms with Crippen LogP contribution in [-0.4, -0.2) is 18.2 Å². The minimum atomic E-state index is -0.755. The summed E-state index contributed by atoms with van der Waals surface area (Å²) in [5.41, 5.74) is 1.07. The van der Waals surface area contributed by atoms with E-state index in [4.69, 9.17) is 9.84 Å². The summed E-state index contributed by atoms with van der Waals surface area (Å²) < 4.78 is 5.36. The van der Waals surface area contributed by atoms with Gasteiger partial charge in [0.05, 0.1) is 7.11 Å². The molecule has 0 aliphatic rings. The van der Waals surface area contributed by atoms with Crippen molar-refractivity contribution in [2.45, 2.75) is 19.3 Å². The molecule has 0 saturated carbocycles. The van der Waals surface area contributed by atoms with Crippen LogP contribution in [0.25, 0.3) is 10.8 Å². The van der Waals surface area contributed by atoms with Crippen molar-refractivity contribution in [3.05, 3.63) is 42.0 Å². The molecule has 18 heavy (non-hydrogen) atoms. The Labute approximate surface area is 106 Å². The molecular weight excluding hydrogens is 228 g/mol. The lowest BCUT2D eigenvalue weighted by atomic mass is 10.0. The van der Waals surface area contributed by atoms with Crippen molar-refractivity contribution in [3.8, 4) is 5.75 Å². The standard InChI is InChI=1S/C15H16O3/c1-18-14-10-12-6-3-2-5-11(12)9-13(14)7-4-8-15(16)17/h2-3,5-6,9-10H,4,7-8H2,1H3,(H,16,17). The average molecular weight is 244 g/mol. The fourth-order valence-corrected chi connectivity index (χ4v) is 2.08. The number of carbonyl (C=O) groups is 1. The molecular formula is C15H16O3. The minimum Gasteiger partial charge on any atom is -0.496 e. The maximum absolute atomic E-state index is 10.5. The molecule has 0 bridgehead atoms. The number of aliphatic carboxylic acids is 1. The van der Waals surface area contributed by atoms with E-state index in [1.54, 1.807) is 7.11 Å². The van der Waals surface area contributed by atoms with Gasteiger partial charge in [-0.1, -0.05) is 24.3 Å². The summed E-state index contributed by atoms with van der Waals surface area (Å²) in [6, 6.07) is 12.2. The highest BCUT2D eigenvalue weighted by atomic mass is 16.5. The Kier molecular flexibility index (Phi) is 3.82. The van der Waals surface area contributed by atoms with Crippen LogP contribution in [0, 0.1) is 0 Å². The van der Waals surface area contributed by atoms with E-state index in [2.05, 4.69) is 12.1 Å². The van der Waals surface area contributed by atoms with Crippen molar-refractivity contribution >= 4 is 16.7 Å². The maximum Gasteiger partial charge on any atom is 0.303 e. The summed E-state index contributed by atoms with van der Waals surface area (Å²) >= 11 is 0. The molecule has 0 unspecified atom stereocenters. The molecule has 3 heteroatoms. The molecule has 0 amide bonds. The van der Waals surface area contributed by atoms with Crippen molar-refractivity contribution in [1.82, 2.24) is 0 Å². The smallest absolute Gasteiger partial charge is 0.303 e. The summed E-state index contributed by atoms with van der Waals surface area (Å²) in [7, 11) is 1.64. The van der Waals surface area contributed by atoms with Crippen molar-refractivity contribution in [1.29, 1.82) is 0 Å². The molecule has 0 aromatic heterocycles. The molecule has 0 radical (unpaired) electrons. The van der Waals surface area contributed by atoms with Crippen LogP contribution in [0.4, 0.5) is 0 Å². The molecule has 94 valence electrons. The second kappa shape index (κ2) is 5.54.